The molecule has 0 bridgehead atoms. The van der Waals surface area contributed by atoms with E-state index in [1.165, 1.54) is 25.7 Å². The van der Waals surface area contributed by atoms with Gasteiger partial charge in [0, 0.05) is 6.04 Å². The molecule has 1 aliphatic carbocycles. The van der Waals surface area contributed by atoms with E-state index < -0.39 is 0 Å². The first kappa shape index (κ1) is 14.5. The van der Waals surface area contributed by atoms with Crippen LogP contribution in [0, 0.1) is 0 Å². The lowest BCUT2D eigenvalue weighted by molar-refractivity contribution is -0.122. The topological polar surface area (TPSA) is 58.4 Å². The van der Waals surface area contributed by atoms with Crippen LogP contribution in [0.1, 0.15) is 44.9 Å². The van der Waals surface area contributed by atoms with Crippen LogP contribution in [0.15, 0.2) is 0 Å². The second-order valence-electron chi connectivity index (χ2n) is 5.14. The fraction of sp³-hybridized carbons (Fsp3) is 0.923. The van der Waals surface area contributed by atoms with Gasteiger partial charge in [-0.1, -0.05) is 25.7 Å². The van der Waals surface area contributed by atoms with Gasteiger partial charge in [0.05, 0.1) is 6.54 Å². The van der Waals surface area contributed by atoms with Crippen LogP contribution in [0.2, 0.25) is 0 Å². The van der Waals surface area contributed by atoms with Crippen molar-refractivity contribution < 1.29 is 4.79 Å². The SMILES string of the molecule is CN(CCCN)CC(=O)NC1CCCCCC1. The first-order chi connectivity index (χ1) is 8.22. The fourth-order valence-electron chi connectivity index (χ4n) is 2.38. The Balaban J connectivity index is 2.18. The number of hydrogen-bond acceptors (Lipinski definition) is 3. The first-order valence-corrected chi connectivity index (χ1v) is 6.90. The number of likely N-dealkylation sites (N-methyl/N-ethyl adjacent to an activating group) is 1. The monoisotopic (exact) mass is 241 g/mol. The Bertz CT molecular complexity index is 213. The summed E-state index contributed by atoms with van der Waals surface area (Å²) in [5.74, 6) is 0.163. The summed E-state index contributed by atoms with van der Waals surface area (Å²) in [5, 5.41) is 3.15. The zero-order valence-electron chi connectivity index (χ0n) is 11.1. The van der Waals surface area contributed by atoms with Crippen molar-refractivity contribution in [2.75, 3.05) is 26.7 Å². The Morgan fingerprint density at radius 1 is 1.29 bits per heavy atom. The van der Waals surface area contributed by atoms with Gasteiger partial charge in [-0.25, -0.2) is 0 Å². The van der Waals surface area contributed by atoms with Crippen LogP contribution in [-0.2, 0) is 4.79 Å². The van der Waals surface area contributed by atoms with Crippen molar-refractivity contribution in [3.05, 3.63) is 0 Å². The highest BCUT2D eigenvalue weighted by Crippen LogP contribution is 2.16. The number of nitrogens with one attached hydrogen (secondary N) is 1. The number of nitrogens with two attached hydrogens (primary N) is 1. The molecule has 17 heavy (non-hydrogen) atoms. The van der Waals surface area contributed by atoms with E-state index in [4.69, 9.17) is 5.73 Å². The number of hydrogen-bond donors (Lipinski definition) is 2. The van der Waals surface area contributed by atoms with Gasteiger partial charge in [-0.05, 0) is 39.4 Å². The molecule has 0 heterocycles. The largest absolute Gasteiger partial charge is 0.352 e. The Kier molecular flexibility index (Phi) is 7.21. The quantitative estimate of drug-likeness (QED) is 0.685. The highest BCUT2D eigenvalue weighted by molar-refractivity contribution is 5.78. The first-order valence-electron chi connectivity index (χ1n) is 6.90. The molecule has 1 aliphatic rings. The van der Waals surface area contributed by atoms with Gasteiger partial charge < -0.3 is 11.1 Å². The third-order valence-corrected chi connectivity index (χ3v) is 3.38. The van der Waals surface area contributed by atoms with Gasteiger partial charge in [-0.2, -0.15) is 0 Å². The molecule has 100 valence electrons. The number of carbonyl (C=O) groups excluding carboxylic acids is 1. The van der Waals surface area contributed by atoms with Gasteiger partial charge in [-0.3, -0.25) is 9.69 Å². The maximum absolute atomic E-state index is 11.8. The molecular formula is C13H27N3O. The van der Waals surface area contributed by atoms with Gasteiger partial charge in [0.2, 0.25) is 5.91 Å². The normalized spacial score (nSPS) is 18.1. The summed E-state index contributed by atoms with van der Waals surface area (Å²) in [4.78, 5) is 13.9. The predicted molar refractivity (Wildman–Crippen MR) is 70.8 cm³/mol. The van der Waals surface area contributed by atoms with Gasteiger partial charge >= 0.3 is 0 Å². The van der Waals surface area contributed by atoms with Crippen molar-refractivity contribution in [1.29, 1.82) is 0 Å². The lowest BCUT2D eigenvalue weighted by Crippen LogP contribution is -2.41. The second-order valence-corrected chi connectivity index (χ2v) is 5.14. The molecule has 4 nitrogen and oxygen atoms in total. The molecular weight excluding hydrogens is 214 g/mol. The van der Waals surface area contributed by atoms with Crippen molar-refractivity contribution >= 4 is 5.91 Å². The Morgan fingerprint density at radius 2 is 1.94 bits per heavy atom. The Labute approximate surface area is 105 Å². The molecule has 0 aliphatic heterocycles. The van der Waals surface area contributed by atoms with E-state index >= 15 is 0 Å². The highest BCUT2D eigenvalue weighted by Gasteiger charge is 2.15. The van der Waals surface area contributed by atoms with Crippen molar-refractivity contribution in [3.8, 4) is 0 Å². The third-order valence-electron chi connectivity index (χ3n) is 3.38. The van der Waals surface area contributed by atoms with Crippen LogP contribution in [0.5, 0.6) is 0 Å². The van der Waals surface area contributed by atoms with Crippen molar-refractivity contribution in [2.45, 2.75) is 51.0 Å². The zero-order valence-corrected chi connectivity index (χ0v) is 11.1. The van der Waals surface area contributed by atoms with Crippen LogP contribution in [0.3, 0.4) is 0 Å². The molecule has 0 aromatic carbocycles. The summed E-state index contributed by atoms with van der Waals surface area (Å²) in [6.07, 6.45) is 8.41. The smallest absolute Gasteiger partial charge is 0.234 e. The van der Waals surface area contributed by atoms with Crippen LogP contribution in [0.25, 0.3) is 0 Å². The molecule has 0 aromatic rings. The minimum atomic E-state index is 0.163. The van der Waals surface area contributed by atoms with E-state index in [-0.39, 0.29) is 5.91 Å². The summed E-state index contributed by atoms with van der Waals surface area (Å²) in [6.45, 7) is 2.08. The van der Waals surface area contributed by atoms with Crippen molar-refractivity contribution in [2.24, 2.45) is 5.73 Å². The molecule has 3 N–H and O–H groups in total. The van der Waals surface area contributed by atoms with Crippen LogP contribution >= 0.6 is 0 Å². The van der Waals surface area contributed by atoms with E-state index in [0.29, 0.717) is 19.1 Å². The van der Waals surface area contributed by atoms with Crippen molar-refractivity contribution in [1.82, 2.24) is 10.2 Å². The van der Waals surface area contributed by atoms with Crippen LogP contribution < -0.4 is 11.1 Å². The number of carbonyl (C=O) groups is 1. The lowest BCUT2D eigenvalue weighted by Gasteiger charge is -2.20. The second kappa shape index (κ2) is 8.48. The Hall–Kier alpha value is -0.610. The Morgan fingerprint density at radius 3 is 2.53 bits per heavy atom. The number of nitrogens with zero attached hydrogens (tertiary/aromatic N) is 1. The zero-order chi connectivity index (χ0) is 12.5. The van der Waals surface area contributed by atoms with Crippen molar-refractivity contribution in [3.63, 3.8) is 0 Å². The van der Waals surface area contributed by atoms with E-state index in [1.54, 1.807) is 0 Å². The van der Waals surface area contributed by atoms with Gasteiger partial charge in [0.15, 0.2) is 0 Å². The average Bonchev–Trinajstić information content (AvgIpc) is 2.54. The molecule has 1 rings (SSSR count). The summed E-state index contributed by atoms with van der Waals surface area (Å²) in [5.41, 5.74) is 5.45. The van der Waals surface area contributed by atoms with Gasteiger partial charge in [0.25, 0.3) is 0 Å². The maximum atomic E-state index is 11.8. The van der Waals surface area contributed by atoms with E-state index in [0.717, 1.165) is 25.8 Å². The summed E-state index contributed by atoms with van der Waals surface area (Å²) < 4.78 is 0. The lowest BCUT2D eigenvalue weighted by atomic mass is 10.1. The molecule has 0 atom stereocenters. The molecule has 1 saturated carbocycles. The number of amides is 1. The molecule has 1 fully saturated rings. The summed E-state index contributed by atoms with van der Waals surface area (Å²) in [6, 6.07) is 0.410. The number of rotatable bonds is 6. The molecule has 0 aromatic heterocycles. The van der Waals surface area contributed by atoms with Gasteiger partial charge in [0.1, 0.15) is 0 Å². The standard InChI is InChI=1S/C13H27N3O/c1-16(10-6-9-14)11-13(17)15-12-7-4-2-3-5-8-12/h12H,2-11,14H2,1H3,(H,15,17). The summed E-state index contributed by atoms with van der Waals surface area (Å²) >= 11 is 0. The maximum Gasteiger partial charge on any atom is 0.234 e. The van der Waals surface area contributed by atoms with E-state index in [9.17, 15) is 4.79 Å². The summed E-state index contributed by atoms with van der Waals surface area (Å²) in [7, 11) is 1.97. The molecule has 0 radical (unpaired) electrons. The predicted octanol–water partition coefficient (Wildman–Crippen LogP) is 1.11. The van der Waals surface area contributed by atoms with E-state index in [2.05, 4.69) is 5.32 Å². The average molecular weight is 241 g/mol. The third kappa shape index (κ3) is 6.64. The molecule has 0 spiro atoms. The van der Waals surface area contributed by atoms with Crippen LogP contribution in [0.4, 0.5) is 0 Å². The molecule has 0 unspecified atom stereocenters. The molecule has 0 saturated heterocycles. The minimum absolute atomic E-state index is 0.163. The molecule has 1 amide bonds. The minimum Gasteiger partial charge on any atom is -0.352 e. The van der Waals surface area contributed by atoms with E-state index in [1.807, 2.05) is 11.9 Å². The van der Waals surface area contributed by atoms with Gasteiger partial charge in [-0.15, -0.1) is 0 Å². The van der Waals surface area contributed by atoms with Crippen LogP contribution in [-0.4, -0.2) is 43.5 Å². The molecule has 4 heteroatoms. The highest BCUT2D eigenvalue weighted by atomic mass is 16.2. The fourth-order valence-corrected chi connectivity index (χ4v) is 2.38.